The van der Waals surface area contributed by atoms with E-state index in [1.165, 1.54) is 27.3 Å². The molecule has 2 aromatic carbocycles. The Morgan fingerprint density at radius 3 is 2.44 bits per heavy atom. The van der Waals surface area contributed by atoms with Crippen LogP contribution in [0.4, 0.5) is 5.69 Å². The van der Waals surface area contributed by atoms with E-state index >= 15 is 0 Å². The summed E-state index contributed by atoms with van der Waals surface area (Å²) in [6, 6.07) is 4.97. The van der Waals surface area contributed by atoms with E-state index in [9.17, 15) is 29.3 Å². The molecule has 4 bridgehead atoms. The molecule has 39 heavy (non-hydrogen) atoms. The molecule has 1 aliphatic heterocycles. The molecular weight excluding hydrogens is 514 g/mol. The summed E-state index contributed by atoms with van der Waals surface area (Å²) in [4.78, 5) is 63.5. The maximum Gasteiger partial charge on any atom is 0.328 e. The number of methoxy groups -OCH3 is 3. The Balaban J connectivity index is 2.38. The number of nitro groups is 1. The summed E-state index contributed by atoms with van der Waals surface area (Å²) >= 11 is 0. The predicted molar refractivity (Wildman–Crippen MR) is 137 cm³/mol. The summed E-state index contributed by atoms with van der Waals surface area (Å²) in [7, 11) is 5.18. The van der Waals surface area contributed by atoms with E-state index in [0.29, 0.717) is 22.4 Å². The SMILES string of the molecule is COC(=O)[C@@H]1Cc2cc(c(OC)c([N+](=O)[O-])c2)-c2cc(ccc2OC)[C@H](N(C)C(=O)CN)C(=O)NCC(=O)N1. The summed E-state index contributed by atoms with van der Waals surface area (Å²) in [5.41, 5.74) is 6.30. The van der Waals surface area contributed by atoms with Crippen LogP contribution in [-0.4, -0.2) is 81.0 Å². The van der Waals surface area contributed by atoms with E-state index in [0.717, 1.165) is 12.0 Å². The lowest BCUT2D eigenvalue weighted by Gasteiger charge is -2.28. The lowest BCUT2D eigenvalue weighted by molar-refractivity contribution is -0.385. The number of carbonyl (C=O) groups is 4. The fourth-order valence-corrected chi connectivity index (χ4v) is 4.37. The Kier molecular flexibility index (Phi) is 9.04. The number of nitro benzene ring substituents is 1. The molecule has 0 spiro atoms. The molecule has 2 aromatic rings. The summed E-state index contributed by atoms with van der Waals surface area (Å²) in [6.07, 6.45) is -0.164. The highest BCUT2D eigenvalue weighted by Crippen LogP contribution is 2.44. The van der Waals surface area contributed by atoms with E-state index in [1.807, 2.05) is 0 Å². The molecule has 14 nitrogen and oxygen atoms in total. The van der Waals surface area contributed by atoms with Crippen LogP contribution in [0.15, 0.2) is 30.3 Å². The average molecular weight is 544 g/mol. The van der Waals surface area contributed by atoms with E-state index in [-0.39, 0.29) is 24.3 Å². The fourth-order valence-electron chi connectivity index (χ4n) is 4.37. The lowest BCUT2D eigenvalue weighted by atomic mass is 9.93. The van der Waals surface area contributed by atoms with Gasteiger partial charge in [0.05, 0.1) is 39.3 Å². The van der Waals surface area contributed by atoms with Crippen molar-refractivity contribution < 1.29 is 38.3 Å². The summed E-state index contributed by atoms with van der Waals surface area (Å²) in [6.45, 7) is -0.906. The first-order chi connectivity index (χ1) is 18.6. The number of likely N-dealkylation sites (N-methyl/N-ethyl adjacent to an activating group) is 1. The zero-order valence-corrected chi connectivity index (χ0v) is 21.8. The molecule has 1 heterocycles. The number of nitrogens with one attached hydrogen (secondary N) is 2. The number of benzene rings is 2. The van der Waals surface area contributed by atoms with Crippen LogP contribution in [0.1, 0.15) is 17.2 Å². The molecule has 4 N–H and O–H groups in total. The minimum absolute atomic E-state index is 0.0997. The minimum atomic E-state index is -1.23. The number of rotatable bonds is 6. The molecule has 14 heteroatoms. The molecule has 0 aromatic heterocycles. The highest BCUT2D eigenvalue weighted by molar-refractivity contribution is 5.93. The number of nitrogens with two attached hydrogens (primary N) is 1. The number of esters is 1. The van der Waals surface area contributed by atoms with Gasteiger partial charge in [0.25, 0.3) is 0 Å². The van der Waals surface area contributed by atoms with Crippen LogP contribution < -0.4 is 25.8 Å². The second-order valence-corrected chi connectivity index (χ2v) is 8.59. The summed E-state index contributed by atoms with van der Waals surface area (Å²) < 4.78 is 15.7. The van der Waals surface area contributed by atoms with Crippen LogP contribution in [0.3, 0.4) is 0 Å². The van der Waals surface area contributed by atoms with Crippen molar-refractivity contribution in [1.29, 1.82) is 0 Å². The van der Waals surface area contributed by atoms with Crippen LogP contribution in [0, 0.1) is 10.1 Å². The number of amides is 3. The zero-order valence-electron chi connectivity index (χ0n) is 21.8. The zero-order chi connectivity index (χ0) is 28.9. The molecule has 0 unspecified atom stereocenters. The predicted octanol–water partition coefficient (Wildman–Crippen LogP) is 0.0673. The lowest BCUT2D eigenvalue weighted by Crippen LogP contribution is -2.49. The van der Waals surface area contributed by atoms with Gasteiger partial charge in [0, 0.05) is 30.7 Å². The van der Waals surface area contributed by atoms with E-state index in [2.05, 4.69) is 10.6 Å². The highest BCUT2D eigenvalue weighted by Gasteiger charge is 2.32. The second kappa shape index (κ2) is 12.2. The highest BCUT2D eigenvalue weighted by atomic mass is 16.6. The van der Waals surface area contributed by atoms with Crippen molar-refractivity contribution in [3.63, 3.8) is 0 Å². The van der Waals surface area contributed by atoms with Crippen LogP contribution in [-0.2, 0) is 30.3 Å². The van der Waals surface area contributed by atoms with Gasteiger partial charge in [-0.1, -0.05) is 6.07 Å². The van der Waals surface area contributed by atoms with Gasteiger partial charge in [0.1, 0.15) is 17.8 Å². The maximum absolute atomic E-state index is 13.3. The van der Waals surface area contributed by atoms with Crippen molar-refractivity contribution in [1.82, 2.24) is 15.5 Å². The third-order valence-electron chi connectivity index (χ3n) is 6.25. The van der Waals surface area contributed by atoms with Gasteiger partial charge in [0.2, 0.25) is 23.5 Å². The monoisotopic (exact) mass is 543 g/mol. The quantitative estimate of drug-likeness (QED) is 0.255. The van der Waals surface area contributed by atoms with Crippen molar-refractivity contribution >= 4 is 29.4 Å². The molecule has 1 aliphatic rings. The standard InChI is InChI=1S/C25H29N5O9/c1-29(21(32)11-26)22-14-5-6-19(37-2)15(10-14)16-7-13(9-18(30(35)36)23(16)38-3)8-17(25(34)39-4)28-20(31)12-27-24(22)33/h5-7,9-10,17,22H,8,11-12,26H2,1-4H3,(H,27,33)(H,28,31)/t17-,22-/m0/s1. The largest absolute Gasteiger partial charge is 0.496 e. The molecule has 0 radical (unpaired) electrons. The third-order valence-corrected chi connectivity index (χ3v) is 6.25. The van der Waals surface area contributed by atoms with Crippen molar-refractivity contribution in [2.75, 3.05) is 41.5 Å². The molecule has 0 aliphatic carbocycles. The van der Waals surface area contributed by atoms with Gasteiger partial charge in [0.15, 0.2) is 0 Å². The Morgan fingerprint density at radius 2 is 1.85 bits per heavy atom. The Labute approximate surface area is 223 Å². The number of fused-ring (bicyclic) bond motifs is 5. The Bertz CT molecular complexity index is 1310. The second-order valence-electron chi connectivity index (χ2n) is 8.59. The molecule has 0 fully saturated rings. The molecular formula is C25H29N5O9. The average Bonchev–Trinajstić information content (AvgIpc) is 2.93. The van der Waals surface area contributed by atoms with Gasteiger partial charge in [-0.15, -0.1) is 0 Å². The van der Waals surface area contributed by atoms with Crippen LogP contribution in [0.5, 0.6) is 11.5 Å². The number of nitrogens with zero attached hydrogens (tertiary/aromatic N) is 2. The van der Waals surface area contributed by atoms with Gasteiger partial charge in [-0.3, -0.25) is 24.5 Å². The Hall–Kier alpha value is -4.72. The number of hydrogen-bond donors (Lipinski definition) is 3. The molecule has 3 rings (SSSR count). The summed E-state index contributed by atoms with van der Waals surface area (Å²) in [5.74, 6) is -2.59. The molecule has 0 saturated heterocycles. The maximum atomic E-state index is 13.3. The first-order valence-corrected chi connectivity index (χ1v) is 11.7. The smallest absolute Gasteiger partial charge is 0.328 e. The molecule has 3 amide bonds. The van der Waals surface area contributed by atoms with E-state index in [1.54, 1.807) is 24.3 Å². The first kappa shape index (κ1) is 28.8. The normalized spacial score (nSPS) is 17.2. The van der Waals surface area contributed by atoms with Crippen LogP contribution in [0.2, 0.25) is 0 Å². The van der Waals surface area contributed by atoms with Crippen molar-refractivity contribution in [3.8, 4) is 22.6 Å². The van der Waals surface area contributed by atoms with Gasteiger partial charge in [-0.05, 0) is 29.3 Å². The van der Waals surface area contributed by atoms with Crippen molar-refractivity contribution in [3.05, 3.63) is 51.6 Å². The fraction of sp³-hybridized carbons (Fsp3) is 0.360. The van der Waals surface area contributed by atoms with Crippen LogP contribution in [0.25, 0.3) is 11.1 Å². The van der Waals surface area contributed by atoms with Gasteiger partial charge in [-0.2, -0.15) is 0 Å². The van der Waals surface area contributed by atoms with Gasteiger partial charge in [-0.25, -0.2) is 4.79 Å². The third kappa shape index (κ3) is 6.06. The Morgan fingerprint density at radius 1 is 1.13 bits per heavy atom. The van der Waals surface area contributed by atoms with Crippen LogP contribution >= 0.6 is 0 Å². The van der Waals surface area contributed by atoms with E-state index in [4.69, 9.17) is 19.9 Å². The number of hydrogen-bond acceptors (Lipinski definition) is 10. The summed E-state index contributed by atoms with van der Waals surface area (Å²) in [5, 5.41) is 17.0. The molecule has 208 valence electrons. The number of ether oxygens (including phenoxy) is 3. The van der Waals surface area contributed by atoms with E-state index < -0.39 is 52.9 Å². The van der Waals surface area contributed by atoms with Crippen molar-refractivity contribution in [2.45, 2.75) is 18.5 Å². The van der Waals surface area contributed by atoms with Gasteiger partial charge >= 0.3 is 11.7 Å². The first-order valence-electron chi connectivity index (χ1n) is 11.7. The molecule has 2 atom stereocenters. The van der Waals surface area contributed by atoms with Gasteiger partial charge < -0.3 is 35.5 Å². The molecule has 0 saturated carbocycles. The minimum Gasteiger partial charge on any atom is -0.496 e. The topological polar surface area (TPSA) is 192 Å². The number of carbonyl (C=O) groups excluding carboxylic acids is 4. The van der Waals surface area contributed by atoms with Crippen molar-refractivity contribution in [2.24, 2.45) is 5.73 Å².